The van der Waals surface area contributed by atoms with Crippen molar-refractivity contribution >= 4 is 11.2 Å². The summed E-state index contributed by atoms with van der Waals surface area (Å²) in [5.74, 6) is 0.402. The van der Waals surface area contributed by atoms with Gasteiger partial charge in [-0.25, -0.2) is 15.0 Å². The van der Waals surface area contributed by atoms with Crippen molar-refractivity contribution in [2.24, 2.45) is 0 Å². The topological polar surface area (TPSA) is 38.7 Å². The minimum Gasteiger partial charge on any atom is -0.248 e. The number of pyridine rings is 1. The molecular weight excluding hydrogens is 186 g/mol. The van der Waals surface area contributed by atoms with E-state index < -0.39 is 0 Å². The molecule has 0 atom stereocenters. The molecule has 0 aliphatic rings. The molecule has 2 heterocycles. The van der Waals surface area contributed by atoms with Crippen LogP contribution in [0.4, 0.5) is 0 Å². The van der Waals surface area contributed by atoms with Crippen LogP contribution in [0.3, 0.4) is 0 Å². The van der Waals surface area contributed by atoms with E-state index in [0.29, 0.717) is 5.92 Å². The molecule has 0 saturated carbocycles. The van der Waals surface area contributed by atoms with Crippen molar-refractivity contribution in [1.82, 2.24) is 15.0 Å². The second-order valence-electron chi connectivity index (χ2n) is 3.91. The fraction of sp³-hybridized carbons (Fsp3) is 0.417. The van der Waals surface area contributed by atoms with Crippen LogP contribution in [0.2, 0.25) is 0 Å². The van der Waals surface area contributed by atoms with Crippen molar-refractivity contribution in [3.63, 3.8) is 0 Å². The quantitative estimate of drug-likeness (QED) is 0.749. The zero-order valence-corrected chi connectivity index (χ0v) is 9.36. The van der Waals surface area contributed by atoms with Gasteiger partial charge in [-0.3, -0.25) is 0 Å². The number of nitrogens with zero attached hydrogens (tertiary/aromatic N) is 3. The molecule has 0 radical (unpaired) electrons. The van der Waals surface area contributed by atoms with Gasteiger partial charge in [-0.1, -0.05) is 20.8 Å². The zero-order chi connectivity index (χ0) is 10.8. The summed E-state index contributed by atoms with van der Waals surface area (Å²) in [7, 11) is 0. The molecule has 0 aliphatic carbocycles. The van der Waals surface area contributed by atoms with Crippen molar-refractivity contribution in [2.75, 3.05) is 0 Å². The minimum atomic E-state index is 0.402. The van der Waals surface area contributed by atoms with Gasteiger partial charge in [0.15, 0.2) is 5.65 Å². The lowest BCUT2D eigenvalue weighted by Gasteiger charge is -2.10. The Morgan fingerprint density at radius 2 is 2.07 bits per heavy atom. The lowest BCUT2D eigenvalue weighted by Crippen LogP contribution is -2.03. The molecule has 0 spiro atoms. The van der Waals surface area contributed by atoms with Crippen molar-refractivity contribution in [2.45, 2.75) is 33.1 Å². The zero-order valence-electron chi connectivity index (χ0n) is 9.36. The van der Waals surface area contributed by atoms with E-state index in [1.807, 2.05) is 12.1 Å². The van der Waals surface area contributed by atoms with Gasteiger partial charge < -0.3 is 0 Å². The van der Waals surface area contributed by atoms with Gasteiger partial charge in [-0.15, -0.1) is 0 Å². The van der Waals surface area contributed by atoms with E-state index in [4.69, 9.17) is 0 Å². The number of aryl methyl sites for hydroxylation is 1. The molecular formula is C12H15N3. The van der Waals surface area contributed by atoms with E-state index in [0.717, 1.165) is 29.0 Å². The van der Waals surface area contributed by atoms with E-state index >= 15 is 0 Å². The number of rotatable bonds is 2. The molecule has 0 aromatic carbocycles. The average Bonchev–Trinajstić information content (AvgIpc) is 2.27. The fourth-order valence-electron chi connectivity index (χ4n) is 1.67. The van der Waals surface area contributed by atoms with Gasteiger partial charge >= 0.3 is 0 Å². The maximum Gasteiger partial charge on any atom is 0.178 e. The van der Waals surface area contributed by atoms with Gasteiger partial charge in [-0.05, 0) is 24.5 Å². The van der Waals surface area contributed by atoms with E-state index in [9.17, 15) is 0 Å². The molecule has 0 saturated heterocycles. The summed E-state index contributed by atoms with van der Waals surface area (Å²) in [5.41, 5.74) is 3.80. The standard InChI is InChI=1S/C12H15N3/c1-4-9-11(8(2)3)15-12-10(14-9)6-5-7-13-12/h5-8H,4H2,1-3H3. The summed E-state index contributed by atoms with van der Waals surface area (Å²) < 4.78 is 0. The van der Waals surface area contributed by atoms with Crippen LogP contribution in [0.1, 0.15) is 38.1 Å². The Morgan fingerprint density at radius 3 is 2.73 bits per heavy atom. The summed E-state index contributed by atoms with van der Waals surface area (Å²) in [6.07, 6.45) is 2.68. The number of hydrogen-bond donors (Lipinski definition) is 0. The molecule has 3 heteroatoms. The maximum absolute atomic E-state index is 4.59. The first-order valence-corrected chi connectivity index (χ1v) is 5.34. The predicted molar refractivity (Wildman–Crippen MR) is 60.8 cm³/mol. The Bertz CT molecular complexity index is 477. The minimum absolute atomic E-state index is 0.402. The first kappa shape index (κ1) is 10.0. The van der Waals surface area contributed by atoms with Crippen LogP contribution in [0.15, 0.2) is 18.3 Å². The first-order chi connectivity index (χ1) is 7.22. The summed E-state index contributed by atoms with van der Waals surface area (Å²) in [4.78, 5) is 13.4. The van der Waals surface area contributed by atoms with Crippen LogP contribution in [0.5, 0.6) is 0 Å². The Hall–Kier alpha value is -1.51. The molecule has 0 fully saturated rings. The van der Waals surface area contributed by atoms with Crippen LogP contribution in [-0.4, -0.2) is 15.0 Å². The van der Waals surface area contributed by atoms with Crippen LogP contribution in [0, 0.1) is 0 Å². The second kappa shape index (κ2) is 3.93. The Labute approximate surface area is 89.6 Å². The molecule has 0 unspecified atom stereocenters. The second-order valence-corrected chi connectivity index (χ2v) is 3.91. The monoisotopic (exact) mass is 201 g/mol. The van der Waals surface area contributed by atoms with Crippen molar-refractivity contribution in [1.29, 1.82) is 0 Å². The lowest BCUT2D eigenvalue weighted by molar-refractivity contribution is 0.788. The van der Waals surface area contributed by atoms with E-state index in [2.05, 4.69) is 35.7 Å². The predicted octanol–water partition coefficient (Wildman–Crippen LogP) is 2.71. The smallest absolute Gasteiger partial charge is 0.178 e. The van der Waals surface area contributed by atoms with Crippen molar-refractivity contribution < 1.29 is 0 Å². The van der Waals surface area contributed by atoms with E-state index in [-0.39, 0.29) is 0 Å². The first-order valence-electron chi connectivity index (χ1n) is 5.34. The van der Waals surface area contributed by atoms with Gasteiger partial charge in [0.25, 0.3) is 0 Å². The Morgan fingerprint density at radius 1 is 1.27 bits per heavy atom. The summed E-state index contributed by atoms with van der Waals surface area (Å²) in [5, 5.41) is 0. The highest BCUT2D eigenvalue weighted by atomic mass is 14.9. The van der Waals surface area contributed by atoms with Crippen LogP contribution in [-0.2, 0) is 6.42 Å². The third-order valence-corrected chi connectivity index (χ3v) is 2.43. The van der Waals surface area contributed by atoms with Gasteiger partial charge in [0.05, 0.1) is 11.4 Å². The number of hydrogen-bond acceptors (Lipinski definition) is 3. The largest absolute Gasteiger partial charge is 0.248 e. The normalized spacial score (nSPS) is 11.2. The summed E-state index contributed by atoms with van der Waals surface area (Å²) in [6.45, 7) is 6.38. The number of fused-ring (bicyclic) bond motifs is 1. The van der Waals surface area contributed by atoms with Crippen molar-refractivity contribution in [3.8, 4) is 0 Å². The van der Waals surface area contributed by atoms with Crippen LogP contribution in [0.25, 0.3) is 11.2 Å². The Balaban J connectivity index is 2.69. The molecule has 2 aromatic heterocycles. The molecule has 0 N–H and O–H groups in total. The van der Waals surface area contributed by atoms with Gasteiger partial charge in [0, 0.05) is 6.20 Å². The molecule has 78 valence electrons. The molecule has 0 amide bonds. The highest BCUT2D eigenvalue weighted by Gasteiger charge is 2.10. The lowest BCUT2D eigenvalue weighted by atomic mass is 10.1. The maximum atomic E-state index is 4.59. The summed E-state index contributed by atoms with van der Waals surface area (Å²) in [6, 6.07) is 3.85. The third kappa shape index (κ3) is 1.82. The van der Waals surface area contributed by atoms with Crippen molar-refractivity contribution in [3.05, 3.63) is 29.7 Å². The fourth-order valence-corrected chi connectivity index (χ4v) is 1.67. The molecule has 2 aromatic rings. The van der Waals surface area contributed by atoms with Crippen LogP contribution >= 0.6 is 0 Å². The molecule has 2 rings (SSSR count). The van der Waals surface area contributed by atoms with E-state index in [1.54, 1.807) is 6.20 Å². The molecule has 0 bridgehead atoms. The molecule has 0 aliphatic heterocycles. The third-order valence-electron chi connectivity index (χ3n) is 2.43. The SMILES string of the molecule is CCc1nc2cccnc2nc1C(C)C. The highest BCUT2D eigenvalue weighted by molar-refractivity contribution is 5.69. The van der Waals surface area contributed by atoms with Gasteiger partial charge in [-0.2, -0.15) is 0 Å². The van der Waals surface area contributed by atoms with E-state index in [1.165, 1.54) is 0 Å². The molecule has 15 heavy (non-hydrogen) atoms. The number of aromatic nitrogens is 3. The summed E-state index contributed by atoms with van der Waals surface area (Å²) >= 11 is 0. The molecule has 3 nitrogen and oxygen atoms in total. The Kier molecular flexibility index (Phi) is 2.62. The highest BCUT2D eigenvalue weighted by Crippen LogP contribution is 2.18. The average molecular weight is 201 g/mol. The van der Waals surface area contributed by atoms with Gasteiger partial charge in [0.2, 0.25) is 0 Å². The van der Waals surface area contributed by atoms with Gasteiger partial charge in [0.1, 0.15) is 5.52 Å². The van der Waals surface area contributed by atoms with Crippen LogP contribution < -0.4 is 0 Å².